The number of carboxylic acids is 1. The minimum absolute atomic E-state index is 0.222. The number of hydrogen-bond donors (Lipinski definition) is 2. The van der Waals surface area contributed by atoms with Crippen molar-refractivity contribution in [1.29, 1.82) is 0 Å². The minimum Gasteiger partial charge on any atom is -0.481 e. The molecule has 1 fully saturated rings. The molecule has 1 aromatic carbocycles. The second-order valence-corrected chi connectivity index (χ2v) is 5.69. The van der Waals surface area contributed by atoms with Crippen LogP contribution < -0.4 is 5.32 Å². The maximum atomic E-state index is 12.5. The van der Waals surface area contributed by atoms with E-state index in [-0.39, 0.29) is 11.9 Å². The lowest BCUT2D eigenvalue weighted by Gasteiger charge is -2.27. The topological polar surface area (TPSA) is 75.6 Å². The summed E-state index contributed by atoms with van der Waals surface area (Å²) >= 11 is 0. The van der Waals surface area contributed by atoms with Crippen molar-refractivity contribution in [3.05, 3.63) is 35.4 Å². The van der Waals surface area contributed by atoms with Crippen LogP contribution >= 0.6 is 0 Å². The van der Waals surface area contributed by atoms with Crippen molar-refractivity contribution in [3.8, 4) is 0 Å². The average Bonchev–Trinajstić information content (AvgIpc) is 2.95. The van der Waals surface area contributed by atoms with E-state index in [1.54, 1.807) is 0 Å². The largest absolute Gasteiger partial charge is 0.481 e. The molecule has 0 spiro atoms. The number of ether oxygens (including phenoxy) is 1. The number of nitrogens with one attached hydrogen (secondary N) is 1. The molecule has 1 aliphatic heterocycles. The molecule has 3 rings (SSSR count). The summed E-state index contributed by atoms with van der Waals surface area (Å²) < 4.78 is 5.61. The Bertz CT molecular complexity index is 557. The predicted molar refractivity (Wildman–Crippen MR) is 75.7 cm³/mol. The Morgan fingerprint density at radius 3 is 2.86 bits per heavy atom. The molecule has 0 unspecified atom stereocenters. The molecule has 3 atom stereocenters. The van der Waals surface area contributed by atoms with Crippen LogP contribution in [0, 0.1) is 5.92 Å². The normalized spacial score (nSPS) is 27.9. The van der Waals surface area contributed by atoms with Gasteiger partial charge in [0.1, 0.15) is 0 Å². The predicted octanol–water partition coefficient (Wildman–Crippen LogP) is 1.67. The number of carboxylic acid groups (broad SMARTS) is 1. The molecule has 2 N–H and O–H groups in total. The molecule has 5 nitrogen and oxygen atoms in total. The van der Waals surface area contributed by atoms with Crippen LogP contribution in [0.4, 0.5) is 0 Å². The number of aliphatic carboxylic acids is 1. The van der Waals surface area contributed by atoms with Gasteiger partial charge in [-0.1, -0.05) is 30.7 Å². The van der Waals surface area contributed by atoms with Gasteiger partial charge in [0.2, 0.25) is 0 Å². The van der Waals surface area contributed by atoms with Gasteiger partial charge in [-0.3, -0.25) is 9.59 Å². The molecule has 1 aliphatic carbocycles. The van der Waals surface area contributed by atoms with Crippen LogP contribution in [0.2, 0.25) is 0 Å². The summed E-state index contributed by atoms with van der Waals surface area (Å²) in [5, 5.41) is 12.1. The summed E-state index contributed by atoms with van der Waals surface area (Å²) in [6, 6.07) is 7.48. The van der Waals surface area contributed by atoms with Gasteiger partial charge in [-0.2, -0.15) is 0 Å². The lowest BCUT2D eigenvalue weighted by Crippen LogP contribution is -2.43. The summed E-state index contributed by atoms with van der Waals surface area (Å²) in [6.07, 6.45) is 2.37. The summed E-state index contributed by atoms with van der Waals surface area (Å²) in [6.45, 7) is 0.516. The maximum Gasteiger partial charge on any atom is 0.308 e. The fourth-order valence-corrected chi connectivity index (χ4v) is 3.30. The quantitative estimate of drug-likeness (QED) is 0.887. The molecule has 1 amide bonds. The van der Waals surface area contributed by atoms with Crippen LogP contribution in [0.3, 0.4) is 0 Å². The van der Waals surface area contributed by atoms with Gasteiger partial charge < -0.3 is 15.2 Å². The average molecular weight is 289 g/mol. The number of rotatable bonds is 3. The highest BCUT2D eigenvalue weighted by atomic mass is 16.5. The third-order valence-electron chi connectivity index (χ3n) is 4.39. The van der Waals surface area contributed by atoms with Crippen LogP contribution in [0.1, 0.15) is 36.5 Å². The van der Waals surface area contributed by atoms with Crippen LogP contribution in [0.15, 0.2) is 24.3 Å². The summed E-state index contributed by atoms with van der Waals surface area (Å²) in [7, 11) is 0. The van der Waals surface area contributed by atoms with Gasteiger partial charge in [0.25, 0.3) is 5.91 Å². The molecule has 2 aliphatic rings. The van der Waals surface area contributed by atoms with E-state index in [9.17, 15) is 14.7 Å². The zero-order chi connectivity index (χ0) is 14.8. The van der Waals surface area contributed by atoms with Gasteiger partial charge in [0, 0.05) is 6.04 Å². The van der Waals surface area contributed by atoms with Crippen LogP contribution in [0.5, 0.6) is 0 Å². The Balaban J connectivity index is 1.73. The lowest BCUT2D eigenvalue weighted by molar-refractivity contribution is -0.143. The summed E-state index contributed by atoms with van der Waals surface area (Å²) in [4.78, 5) is 23.6. The Morgan fingerprint density at radius 2 is 2.05 bits per heavy atom. The van der Waals surface area contributed by atoms with E-state index in [2.05, 4.69) is 5.32 Å². The van der Waals surface area contributed by atoms with Gasteiger partial charge in [0.05, 0.1) is 12.5 Å². The highest BCUT2D eigenvalue weighted by Gasteiger charge is 2.36. The zero-order valence-electron chi connectivity index (χ0n) is 11.7. The van der Waals surface area contributed by atoms with E-state index < -0.39 is 18.0 Å². The molecule has 1 aromatic rings. The minimum atomic E-state index is -0.831. The molecular weight excluding hydrogens is 270 g/mol. The van der Waals surface area contributed by atoms with Crippen molar-refractivity contribution in [3.63, 3.8) is 0 Å². The van der Waals surface area contributed by atoms with Gasteiger partial charge in [-0.05, 0) is 30.4 Å². The Morgan fingerprint density at radius 1 is 1.24 bits per heavy atom. The first-order valence-electron chi connectivity index (χ1n) is 7.39. The molecule has 0 radical (unpaired) electrons. The number of carbonyl (C=O) groups excluding carboxylic acids is 1. The Kier molecular flexibility index (Phi) is 3.92. The zero-order valence-corrected chi connectivity index (χ0v) is 11.7. The highest BCUT2D eigenvalue weighted by Crippen LogP contribution is 2.30. The van der Waals surface area contributed by atoms with Crippen LogP contribution in [-0.2, 0) is 20.7 Å². The first-order valence-corrected chi connectivity index (χ1v) is 7.39. The van der Waals surface area contributed by atoms with Gasteiger partial charge >= 0.3 is 5.97 Å². The van der Waals surface area contributed by atoms with E-state index in [4.69, 9.17) is 4.74 Å². The van der Waals surface area contributed by atoms with Gasteiger partial charge in [0.15, 0.2) is 6.10 Å². The number of amides is 1. The number of benzene rings is 1. The molecule has 0 saturated heterocycles. The summed E-state index contributed by atoms with van der Waals surface area (Å²) in [5.74, 6) is -1.53. The van der Waals surface area contributed by atoms with Crippen molar-refractivity contribution in [2.45, 2.75) is 37.8 Å². The summed E-state index contributed by atoms with van der Waals surface area (Å²) in [5.41, 5.74) is 2.02. The molecule has 21 heavy (non-hydrogen) atoms. The van der Waals surface area contributed by atoms with E-state index in [0.717, 1.165) is 30.4 Å². The monoisotopic (exact) mass is 289 g/mol. The number of hydrogen-bond acceptors (Lipinski definition) is 3. The molecule has 0 aromatic heterocycles. The fraction of sp³-hybridized carbons (Fsp3) is 0.500. The second kappa shape index (κ2) is 5.85. The Labute approximate surface area is 123 Å². The third-order valence-corrected chi connectivity index (χ3v) is 4.39. The SMILES string of the molecule is O=C(N[C@@H]1CCC[C@H]1C(=O)O)[C@H]1OCCc2ccccc21. The Hall–Kier alpha value is -1.88. The van der Waals surface area contributed by atoms with E-state index >= 15 is 0 Å². The number of fused-ring (bicyclic) bond motifs is 1. The van der Waals surface area contributed by atoms with Crippen molar-refractivity contribution >= 4 is 11.9 Å². The molecule has 1 heterocycles. The fourth-order valence-electron chi connectivity index (χ4n) is 3.30. The molecular formula is C16H19NO4. The molecule has 0 bridgehead atoms. The molecule has 112 valence electrons. The maximum absolute atomic E-state index is 12.5. The lowest BCUT2D eigenvalue weighted by atomic mass is 9.96. The van der Waals surface area contributed by atoms with Crippen molar-refractivity contribution < 1.29 is 19.4 Å². The van der Waals surface area contributed by atoms with E-state index in [1.807, 2.05) is 24.3 Å². The smallest absolute Gasteiger partial charge is 0.308 e. The molecule has 1 saturated carbocycles. The van der Waals surface area contributed by atoms with E-state index in [0.29, 0.717) is 13.0 Å². The van der Waals surface area contributed by atoms with Crippen molar-refractivity contribution in [1.82, 2.24) is 5.32 Å². The second-order valence-electron chi connectivity index (χ2n) is 5.69. The highest BCUT2D eigenvalue weighted by molar-refractivity contribution is 5.84. The van der Waals surface area contributed by atoms with Crippen LogP contribution in [0.25, 0.3) is 0 Å². The third kappa shape index (κ3) is 2.78. The number of carbonyl (C=O) groups is 2. The standard InChI is InChI=1S/C16H19NO4/c18-15(17-13-7-3-6-12(13)16(19)20)14-11-5-2-1-4-10(11)8-9-21-14/h1-2,4-5,12-14H,3,6-9H2,(H,17,18)(H,19,20)/t12-,13-,14+/m1/s1. The first kappa shape index (κ1) is 14.1. The van der Waals surface area contributed by atoms with Gasteiger partial charge in [-0.15, -0.1) is 0 Å². The van der Waals surface area contributed by atoms with Crippen molar-refractivity contribution in [2.75, 3.05) is 6.61 Å². The van der Waals surface area contributed by atoms with E-state index in [1.165, 1.54) is 0 Å². The first-order chi connectivity index (χ1) is 10.2. The van der Waals surface area contributed by atoms with Gasteiger partial charge in [-0.25, -0.2) is 0 Å². The molecule has 5 heteroatoms. The van der Waals surface area contributed by atoms with Crippen LogP contribution in [-0.4, -0.2) is 29.6 Å². The van der Waals surface area contributed by atoms with Crippen molar-refractivity contribution in [2.24, 2.45) is 5.92 Å².